The van der Waals surface area contributed by atoms with Gasteiger partial charge in [-0.2, -0.15) is 0 Å². The zero-order valence-electron chi connectivity index (χ0n) is 8.69. The number of hydrogen-bond donors (Lipinski definition) is 2. The summed E-state index contributed by atoms with van der Waals surface area (Å²) in [6.45, 7) is 4.24. The monoisotopic (exact) mass is 209 g/mol. The Kier molecular flexibility index (Phi) is 2.64. The molecule has 1 aromatic heterocycles. The van der Waals surface area contributed by atoms with Crippen LogP contribution in [0.5, 0.6) is 0 Å². The molecular weight excluding hydrogens is 194 g/mol. The van der Waals surface area contributed by atoms with Gasteiger partial charge in [0.05, 0.1) is 13.2 Å². The normalized spacial score (nSPS) is 21.7. The lowest BCUT2D eigenvalue weighted by Gasteiger charge is -2.35. The fraction of sp³-hybridized carbons (Fsp3) is 0.500. The number of nitrogens with two attached hydrogens (primary N) is 1. The Hall–Kier alpha value is -1.49. The molecule has 1 aliphatic rings. The van der Waals surface area contributed by atoms with Crippen molar-refractivity contribution in [2.75, 3.05) is 30.4 Å². The lowest BCUT2D eigenvalue weighted by molar-refractivity contribution is 0.0989. The Morgan fingerprint density at radius 3 is 3.07 bits per heavy atom. The lowest BCUT2D eigenvalue weighted by atomic mass is 10.2. The fourth-order valence-electron chi connectivity index (χ4n) is 1.83. The highest BCUT2D eigenvalue weighted by Crippen LogP contribution is 2.18. The maximum atomic E-state index is 11.3. The average Bonchev–Trinajstić information content (AvgIpc) is 2.16. The molecule has 1 saturated heterocycles. The molecule has 15 heavy (non-hydrogen) atoms. The minimum absolute atomic E-state index is 0.163. The molecule has 0 bridgehead atoms. The lowest BCUT2D eigenvalue weighted by Crippen LogP contribution is -2.44. The smallest absolute Gasteiger partial charge is 0.251 e. The number of nitrogen functional groups attached to an aromatic ring is 1. The third kappa shape index (κ3) is 2.12. The van der Waals surface area contributed by atoms with Crippen molar-refractivity contribution in [1.29, 1.82) is 0 Å². The van der Waals surface area contributed by atoms with Crippen LogP contribution in [0.4, 0.5) is 11.5 Å². The van der Waals surface area contributed by atoms with Crippen molar-refractivity contribution in [1.82, 2.24) is 4.98 Å². The molecule has 0 radical (unpaired) electrons. The Morgan fingerprint density at radius 1 is 1.60 bits per heavy atom. The van der Waals surface area contributed by atoms with Crippen molar-refractivity contribution in [2.45, 2.75) is 13.0 Å². The van der Waals surface area contributed by atoms with Gasteiger partial charge in [-0.3, -0.25) is 4.79 Å². The van der Waals surface area contributed by atoms with E-state index in [1.165, 1.54) is 0 Å². The van der Waals surface area contributed by atoms with E-state index >= 15 is 0 Å². The first-order valence-corrected chi connectivity index (χ1v) is 5.01. The molecule has 5 nitrogen and oxygen atoms in total. The number of rotatable bonds is 1. The van der Waals surface area contributed by atoms with Crippen LogP contribution in [-0.4, -0.2) is 30.8 Å². The van der Waals surface area contributed by atoms with Crippen molar-refractivity contribution >= 4 is 11.5 Å². The predicted molar refractivity (Wildman–Crippen MR) is 59.1 cm³/mol. The number of nitrogens with one attached hydrogen (secondary N) is 1. The maximum Gasteiger partial charge on any atom is 0.251 e. The Labute approximate surface area is 87.8 Å². The third-order valence-corrected chi connectivity index (χ3v) is 2.55. The molecule has 3 N–H and O–H groups in total. The van der Waals surface area contributed by atoms with Crippen LogP contribution in [0.3, 0.4) is 0 Å². The second kappa shape index (κ2) is 3.94. The van der Waals surface area contributed by atoms with Gasteiger partial charge in [-0.25, -0.2) is 0 Å². The number of hydrogen-bond acceptors (Lipinski definition) is 4. The van der Waals surface area contributed by atoms with E-state index in [2.05, 4.69) is 16.8 Å². The highest BCUT2D eigenvalue weighted by atomic mass is 16.5. The largest absolute Gasteiger partial charge is 0.385 e. The number of ether oxygens (including phenoxy) is 1. The van der Waals surface area contributed by atoms with Crippen molar-refractivity contribution in [3.63, 3.8) is 0 Å². The number of H-pyrrole nitrogens is 1. The average molecular weight is 209 g/mol. The van der Waals surface area contributed by atoms with Gasteiger partial charge in [0.2, 0.25) is 0 Å². The molecule has 82 valence electrons. The van der Waals surface area contributed by atoms with Crippen LogP contribution in [0.2, 0.25) is 0 Å². The number of nitrogens with zero attached hydrogens (tertiary/aromatic N) is 1. The minimum atomic E-state index is -0.163. The summed E-state index contributed by atoms with van der Waals surface area (Å²) in [5.41, 5.74) is 6.30. The van der Waals surface area contributed by atoms with Crippen LogP contribution in [0.25, 0.3) is 0 Å². The van der Waals surface area contributed by atoms with Gasteiger partial charge >= 0.3 is 0 Å². The molecule has 1 atom stereocenters. The Balaban J connectivity index is 2.31. The van der Waals surface area contributed by atoms with E-state index < -0.39 is 0 Å². The molecule has 0 amide bonds. The predicted octanol–water partition coefficient (Wildman–Crippen LogP) is 0.182. The van der Waals surface area contributed by atoms with Gasteiger partial charge in [0.25, 0.3) is 5.56 Å². The highest BCUT2D eigenvalue weighted by molar-refractivity contribution is 5.52. The van der Waals surface area contributed by atoms with Gasteiger partial charge in [0, 0.05) is 30.4 Å². The topological polar surface area (TPSA) is 71.3 Å². The SMILES string of the molecule is C[C@@H]1COCCN1c1cc(N)[nH]c(=O)c1. The third-order valence-electron chi connectivity index (χ3n) is 2.55. The Bertz CT molecular complexity index is 402. The molecule has 0 spiro atoms. The summed E-state index contributed by atoms with van der Waals surface area (Å²) in [4.78, 5) is 15.9. The summed E-state index contributed by atoms with van der Waals surface area (Å²) in [5.74, 6) is 0.399. The molecule has 5 heteroatoms. The van der Waals surface area contributed by atoms with Crippen molar-refractivity contribution in [3.8, 4) is 0 Å². The first kappa shape index (κ1) is 10.0. The van der Waals surface area contributed by atoms with E-state index in [0.29, 0.717) is 19.0 Å². The molecule has 0 unspecified atom stereocenters. The standard InChI is InChI=1S/C10H15N3O2/c1-7-6-15-3-2-13(7)8-4-9(11)12-10(14)5-8/h4-5,7H,2-3,6H2,1H3,(H3,11,12,14)/t7-/m1/s1. The number of anilines is 2. The highest BCUT2D eigenvalue weighted by Gasteiger charge is 2.19. The summed E-state index contributed by atoms with van der Waals surface area (Å²) in [5, 5.41) is 0. The van der Waals surface area contributed by atoms with E-state index in [1.807, 2.05) is 0 Å². The molecule has 0 aliphatic carbocycles. The van der Waals surface area contributed by atoms with Crippen molar-refractivity contribution in [2.24, 2.45) is 0 Å². The van der Waals surface area contributed by atoms with E-state index in [9.17, 15) is 4.79 Å². The second-order valence-corrected chi connectivity index (χ2v) is 3.78. The number of morpholine rings is 1. The number of aromatic amines is 1. The zero-order valence-corrected chi connectivity index (χ0v) is 8.69. The first-order chi connectivity index (χ1) is 7.16. The van der Waals surface area contributed by atoms with Gasteiger partial charge in [0.15, 0.2) is 0 Å². The number of pyridine rings is 1. The van der Waals surface area contributed by atoms with Crippen LogP contribution in [0, 0.1) is 0 Å². The molecular formula is C10H15N3O2. The quantitative estimate of drug-likeness (QED) is 0.692. The summed E-state index contributed by atoms with van der Waals surface area (Å²) >= 11 is 0. The summed E-state index contributed by atoms with van der Waals surface area (Å²) in [6.07, 6.45) is 0. The molecule has 1 fully saturated rings. The van der Waals surface area contributed by atoms with E-state index in [4.69, 9.17) is 10.5 Å². The zero-order chi connectivity index (χ0) is 10.8. The molecule has 1 aromatic rings. The van der Waals surface area contributed by atoms with Gasteiger partial charge in [-0.1, -0.05) is 0 Å². The van der Waals surface area contributed by atoms with Crippen LogP contribution in [0.1, 0.15) is 6.92 Å². The van der Waals surface area contributed by atoms with Gasteiger partial charge in [0.1, 0.15) is 5.82 Å². The van der Waals surface area contributed by atoms with Gasteiger partial charge in [-0.15, -0.1) is 0 Å². The minimum Gasteiger partial charge on any atom is -0.385 e. The summed E-state index contributed by atoms with van der Waals surface area (Å²) in [6, 6.07) is 3.63. The van der Waals surface area contributed by atoms with Crippen LogP contribution in [0.15, 0.2) is 16.9 Å². The number of aromatic nitrogens is 1. The summed E-state index contributed by atoms with van der Waals surface area (Å²) in [7, 11) is 0. The fourth-order valence-corrected chi connectivity index (χ4v) is 1.83. The summed E-state index contributed by atoms with van der Waals surface area (Å²) < 4.78 is 5.34. The van der Waals surface area contributed by atoms with Crippen LogP contribution < -0.4 is 16.2 Å². The van der Waals surface area contributed by atoms with Gasteiger partial charge < -0.3 is 20.4 Å². The molecule has 2 heterocycles. The van der Waals surface area contributed by atoms with E-state index in [1.54, 1.807) is 12.1 Å². The maximum absolute atomic E-state index is 11.3. The molecule has 1 aliphatic heterocycles. The van der Waals surface area contributed by atoms with E-state index in [-0.39, 0.29) is 11.6 Å². The molecule has 0 saturated carbocycles. The van der Waals surface area contributed by atoms with Crippen molar-refractivity contribution in [3.05, 3.63) is 22.5 Å². The molecule has 0 aromatic carbocycles. The van der Waals surface area contributed by atoms with Crippen molar-refractivity contribution < 1.29 is 4.74 Å². The van der Waals surface area contributed by atoms with Crippen LogP contribution >= 0.6 is 0 Å². The second-order valence-electron chi connectivity index (χ2n) is 3.78. The van der Waals surface area contributed by atoms with E-state index in [0.717, 1.165) is 12.2 Å². The molecule has 2 rings (SSSR count). The Morgan fingerprint density at radius 2 is 2.40 bits per heavy atom. The van der Waals surface area contributed by atoms with Gasteiger partial charge in [-0.05, 0) is 6.92 Å². The first-order valence-electron chi connectivity index (χ1n) is 5.01. The van der Waals surface area contributed by atoms with Crippen LogP contribution in [-0.2, 0) is 4.74 Å².